The molecule has 0 bridgehead atoms. The van der Waals surface area contributed by atoms with Gasteiger partial charge in [-0.3, -0.25) is 9.59 Å². The number of nitrogens with two attached hydrogens (primary N) is 2. The van der Waals surface area contributed by atoms with Crippen molar-refractivity contribution in [1.82, 2.24) is 10.6 Å². The van der Waals surface area contributed by atoms with Crippen LogP contribution in [0.3, 0.4) is 0 Å². The second-order valence-corrected chi connectivity index (χ2v) is 9.54. The molecule has 2 aromatic carbocycles. The van der Waals surface area contributed by atoms with Crippen LogP contribution in [-0.2, 0) is 22.4 Å². The first-order chi connectivity index (χ1) is 16.4. The van der Waals surface area contributed by atoms with Crippen molar-refractivity contribution in [3.63, 3.8) is 0 Å². The molecule has 35 heavy (non-hydrogen) atoms. The number of benzene rings is 2. The first-order valence-corrected chi connectivity index (χ1v) is 11.3. The first kappa shape index (κ1) is 28.2. The summed E-state index contributed by atoms with van der Waals surface area (Å²) in [6.45, 7) is 4.01. The zero-order valence-electron chi connectivity index (χ0n) is 19.9. The lowest BCUT2D eigenvalue weighted by molar-refractivity contribution is -0.130. The predicted octanol–water partition coefficient (Wildman–Crippen LogP) is 1.12. The summed E-state index contributed by atoms with van der Waals surface area (Å²) in [5.74, 6) is -2.03. The minimum absolute atomic E-state index is 0.0127. The summed E-state index contributed by atoms with van der Waals surface area (Å²) in [5.41, 5.74) is 12.2. The van der Waals surface area contributed by atoms with Gasteiger partial charge in [0.15, 0.2) is 0 Å². The van der Waals surface area contributed by atoms with Crippen LogP contribution in [0.25, 0.3) is 0 Å². The van der Waals surface area contributed by atoms with Gasteiger partial charge in [-0.2, -0.15) is 0 Å². The van der Waals surface area contributed by atoms with Crippen LogP contribution in [-0.4, -0.2) is 53.3 Å². The fourth-order valence-electron chi connectivity index (χ4n) is 3.41. The number of aliphatic hydroxyl groups is 1. The largest absolute Gasteiger partial charge is 0.508 e. The van der Waals surface area contributed by atoms with Crippen molar-refractivity contribution in [1.29, 1.82) is 0 Å². The number of hydrogen-bond donors (Lipinski definition) is 6. The Hall–Kier alpha value is -3.08. The molecule has 10 heteroatoms. The molecule has 192 valence electrons. The average Bonchev–Trinajstić information content (AvgIpc) is 2.79. The van der Waals surface area contributed by atoms with Crippen molar-refractivity contribution in [2.24, 2.45) is 16.9 Å². The minimum atomic E-state index is -1.43. The van der Waals surface area contributed by atoms with Crippen molar-refractivity contribution in [3.8, 4) is 5.75 Å². The van der Waals surface area contributed by atoms with Crippen LogP contribution >= 0.6 is 0 Å². The van der Waals surface area contributed by atoms with E-state index in [0.29, 0.717) is 0 Å². The van der Waals surface area contributed by atoms with Crippen LogP contribution < -0.4 is 22.1 Å². The summed E-state index contributed by atoms with van der Waals surface area (Å²) in [7, 11) is 0. The van der Waals surface area contributed by atoms with Crippen LogP contribution in [0.5, 0.6) is 5.75 Å². The molecule has 0 radical (unpaired) electrons. The van der Waals surface area contributed by atoms with E-state index in [-0.39, 0.29) is 49.6 Å². The van der Waals surface area contributed by atoms with Gasteiger partial charge in [-0.25, -0.2) is 8.78 Å². The molecule has 8 nitrogen and oxygen atoms in total. The van der Waals surface area contributed by atoms with E-state index in [0.717, 1.165) is 23.8 Å². The van der Waals surface area contributed by atoms with Crippen molar-refractivity contribution in [3.05, 3.63) is 65.2 Å². The van der Waals surface area contributed by atoms with E-state index in [1.807, 2.05) is 13.8 Å². The van der Waals surface area contributed by atoms with E-state index >= 15 is 0 Å². The Balaban J connectivity index is 1.75. The van der Waals surface area contributed by atoms with Gasteiger partial charge in [-0.1, -0.05) is 26.0 Å². The zero-order valence-corrected chi connectivity index (χ0v) is 19.9. The SMILES string of the molecule is CC(C)(CNC(=O)CC(N)Cc1cc(F)ccc1F)CNC(=O)C(O)C(N)Cc1ccc(O)cc1. The third-order valence-electron chi connectivity index (χ3n) is 5.52. The molecule has 2 aromatic rings. The first-order valence-electron chi connectivity index (χ1n) is 11.3. The molecule has 3 unspecified atom stereocenters. The smallest absolute Gasteiger partial charge is 0.250 e. The summed E-state index contributed by atoms with van der Waals surface area (Å²) in [5, 5.41) is 25.0. The normalized spacial score (nSPS) is 14.1. The number of aliphatic hydroxyl groups excluding tert-OH is 1. The standard InChI is InChI=1S/C25H34F2N4O4/c1-25(2,13-30-22(33)12-18(28)11-16-10-17(26)5-8-20(16)27)14-31-24(35)23(34)21(29)9-15-3-6-19(32)7-4-15/h3-8,10,18,21,23,32,34H,9,11-14,28-29H2,1-2H3,(H,30,33)(H,31,35). The highest BCUT2D eigenvalue weighted by atomic mass is 19.1. The van der Waals surface area contributed by atoms with E-state index in [1.165, 1.54) is 12.1 Å². The maximum atomic E-state index is 13.8. The second kappa shape index (κ2) is 12.6. The van der Waals surface area contributed by atoms with E-state index in [9.17, 15) is 28.6 Å². The minimum Gasteiger partial charge on any atom is -0.508 e. The van der Waals surface area contributed by atoms with Gasteiger partial charge in [0.2, 0.25) is 11.8 Å². The molecular weight excluding hydrogens is 458 g/mol. The van der Waals surface area contributed by atoms with Gasteiger partial charge in [0.1, 0.15) is 23.5 Å². The molecule has 0 aromatic heterocycles. The van der Waals surface area contributed by atoms with Gasteiger partial charge in [0.25, 0.3) is 0 Å². The van der Waals surface area contributed by atoms with Crippen molar-refractivity contribution in [2.45, 2.75) is 51.3 Å². The number of nitrogens with one attached hydrogen (secondary N) is 2. The number of carbonyl (C=O) groups excluding carboxylic acids is 2. The highest BCUT2D eigenvalue weighted by Gasteiger charge is 2.26. The second-order valence-electron chi connectivity index (χ2n) is 9.54. The third-order valence-corrected chi connectivity index (χ3v) is 5.52. The van der Waals surface area contributed by atoms with Gasteiger partial charge in [0.05, 0.1) is 0 Å². The number of carbonyl (C=O) groups is 2. The molecule has 0 heterocycles. The highest BCUT2D eigenvalue weighted by Crippen LogP contribution is 2.15. The number of aromatic hydroxyl groups is 1. The van der Waals surface area contributed by atoms with Crippen LogP contribution in [0.1, 0.15) is 31.4 Å². The van der Waals surface area contributed by atoms with Gasteiger partial charge in [-0.05, 0) is 59.7 Å². The molecule has 3 atom stereocenters. The Morgan fingerprint density at radius 1 is 1.00 bits per heavy atom. The highest BCUT2D eigenvalue weighted by molar-refractivity contribution is 5.81. The fourth-order valence-corrected chi connectivity index (χ4v) is 3.41. The molecule has 0 saturated heterocycles. The molecule has 0 aliphatic heterocycles. The number of phenols is 1. The topological polar surface area (TPSA) is 151 Å². The Morgan fingerprint density at radius 3 is 2.29 bits per heavy atom. The summed E-state index contributed by atoms with van der Waals surface area (Å²) in [4.78, 5) is 24.6. The van der Waals surface area contributed by atoms with Crippen molar-refractivity contribution < 1.29 is 28.6 Å². The number of hydrogen-bond acceptors (Lipinski definition) is 6. The molecule has 0 aliphatic carbocycles. The van der Waals surface area contributed by atoms with Crippen LogP contribution in [0.4, 0.5) is 8.78 Å². The number of phenolic OH excluding ortho intramolecular Hbond substituents is 1. The lowest BCUT2D eigenvalue weighted by atomic mass is 9.92. The number of halogens is 2. The summed E-state index contributed by atoms with van der Waals surface area (Å²) < 4.78 is 27.1. The fraction of sp³-hybridized carbons (Fsp3) is 0.440. The molecule has 2 rings (SSSR count). The van der Waals surface area contributed by atoms with E-state index in [2.05, 4.69) is 10.6 Å². The number of rotatable bonds is 12. The van der Waals surface area contributed by atoms with Crippen LogP contribution in [0.2, 0.25) is 0 Å². The monoisotopic (exact) mass is 492 g/mol. The Labute approximate surface area is 203 Å². The van der Waals surface area contributed by atoms with E-state index < -0.39 is 41.1 Å². The van der Waals surface area contributed by atoms with Gasteiger partial charge in [-0.15, -0.1) is 0 Å². The molecule has 0 aliphatic rings. The maximum Gasteiger partial charge on any atom is 0.250 e. The number of amides is 2. The summed E-state index contributed by atoms with van der Waals surface area (Å²) in [6.07, 6.45) is -1.26. The van der Waals surface area contributed by atoms with Crippen molar-refractivity contribution in [2.75, 3.05) is 13.1 Å². The maximum absolute atomic E-state index is 13.8. The molecule has 2 amide bonds. The van der Waals surface area contributed by atoms with Gasteiger partial charge >= 0.3 is 0 Å². The summed E-state index contributed by atoms with van der Waals surface area (Å²) >= 11 is 0. The lowest BCUT2D eigenvalue weighted by Gasteiger charge is -2.27. The lowest BCUT2D eigenvalue weighted by Crippen LogP contribution is -2.50. The van der Waals surface area contributed by atoms with Gasteiger partial charge < -0.3 is 32.3 Å². The quantitative estimate of drug-likeness (QED) is 0.261. The van der Waals surface area contributed by atoms with E-state index in [4.69, 9.17) is 11.5 Å². The molecule has 0 spiro atoms. The van der Waals surface area contributed by atoms with E-state index in [1.54, 1.807) is 12.1 Å². The van der Waals surface area contributed by atoms with Crippen LogP contribution in [0.15, 0.2) is 42.5 Å². The van der Waals surface area contributed by atoms with Crippen LogP contribution in [0, 0.1) is 17.0 Å². The van der Waals surface area contributed by atoms with Gasteiger partial charge in [0, 0.05) is 31.6 Å². The Kier molecular flexibility index (Phi) is 10.1. The zero-order chi connectivity index (χ0) is 26.2. The molecule has 0 fully saturated rings. The average molecular weight is 493 g/mol. The third kappa shape index (κ3) is 9.59. The Bertz CT molecular complexity index is 1000. The molecular formula is C25H34F2N4O4. The van der Waals surface area contributed by atoms with Crippen molar-refractivity contribution >= 4 is 11.8 Å². The molecule has 0 saturated carbocycles. The predicted molar refractivity (Wildman–Crippen MR) is 128 cm³/mol. The Morgan fingerprint density at radius 2 is 1.63 bits per heavy atom. The molecule has 8 N–H and O–H groups in total. The summed E-state index contributed by atoms with van der Waals surface area (Å²) in [6, 6.07) is 7.87.